The summed E-state index contributed by atoms with van der Waals surface area (Å²) in [4.78, 5) is 26.1. The first-order valence-corrected chi connectivity index (χ1v) is 6.16. The first kappa shape index (κ1) is 14.9. The van der Waals surface area contributed by atoms with Crippen LogP contribution in [0.25, 0.3) is 0 Å². The van der Waals surface area contributed by atoms with Crippen LogP contribution < -0.4 is 11.1 Å². The minimum absolute atomic E-state index is 0.344. The van der Waals surface area contributed by atoms with Crippen molar-refractivity contribution >= 4 is 17.7 Å². The summed E-state index contributed by atoms with van der Waals surface area (Å²) >= 11 is 0. The molecule has 0 saturated heterocycles. The van der Waals surface area contributed by atoms with Gasteiger partial charge in [0.15, 0.2) is 0 Å². The van der Waals surface area contributed by atoms with Gasteiger partial charge in [-0.3, -0.25) is 9.59 Å². The number of anilines is 1. The van der Waals surface area contributed by atoms with Gasteiger partial charge in [0.1, 0.15) is 5.82 Å². The molecule has 1 amide bonds. The summed E-state index contributed by atoms with van der Waals surface area (Å²) in [6, 6.07) is 3.35. The van der Waals surface area contributed by atoms with Crippen molar-refractivity contribution in [3.05, 3.63) is 23.4 Å². The Morgan fingerprint density at radius 2 is 2.16 bits per heavy atom. The number of nitrogens with two attached hydrogens (primary N) is 1. The summed E-state index contributed by atoms with van der Waals surface area (Å²) in [5.74, 6) is -1.25. The fourth-order valence-corrected chi connectivity index (χ4v) is 1.63. The van der Waals surface area contributed by atoms with E-state index < -0.39 is 11.9 Å². The van der Waals surface area contributed by atoms with Crippen LogP contribution in [0.15, 0.2) is 12.1 Å². The predicted octanol–water partition coefficient (Wildman–Crippen LogP) is 1.40. The van der Waals surface area contributed by atoms with Crippen molar-refractivity contribution in [1.29, 1.82) is 0 Å². The number of nitrogens with one attached hydrogen (secondary N) is 1. The van der Waals surface area contributed by atoms with Crippen molar-refractivity contribution in [1.82, 2.24) is 4.98 Å². The lowest BCUT2D eigenvalue weighted by Crippen LogP contribution is -2.17. The second-order valence-electron chi connectivity index (χ2n) is 4.52. The summed E-state index contributed by atoms with van der Waals surface area (Å²) in [6.45, 7) is 4.04. The Bertz CT molecular complexity index is 474. The number of aryl methyl sites for hydroxylation is 1. The van der Waals surface area contributed by atoms with Crippen molar-refractivity contribution < 1.29 is 14.7 Å². The monoisotopic (exact) mass is 265 g/mol. The van der Waals surface area contributed by atoms with Gasteiger partial charge in [-0.15, -0.1) is 0 Å². The number of primary amides is 1. The Hall–Kier alpha value is -2.11. The van der Waals surface area contributed by atoms with Crippen molar-refractivity contribution in [3.8, 4) is 0 Å². The highest BCUT2D eigenvalue weighted by Crippen LogP contribution is 2.13. The Kier molecular flexibility index (Phi) is 5.29. The second-order valence-corrected chi connectivity index (χ2v) is 4.52. The zero-order chi connectivity index (χ0) is 14.4. The third kappa shape index (κ3) is 4.57. The van der Waals surface area contributed by atoms with E-state index in [-0.39, 0.29) is 5.92 Å². The molecule has 0 aliphatic carbocycles. The molecule has 0 aliphatic heterocycles. The van der Waals surface area contributed by atoms with Crippen LogP contribution in [0, 0.1) is 12.8 Å². The number of rotatable bonds is 7. The van der Waals surface area contributed by atoms with Gasteiger partial charge < -0.3 is 16.2 Å². The van der Waals surface area contributed by atoms with Gasteiger partial charge in [-0.2, -0.15) is 0 Å². The second kappa shape index (κ2) is 6.72. The summed E-state index contributed by atoms with van der Waals surface area (Å²) in [5, 5.41) is 11.8. The van der Waals surface area contributed by atoms with Gasteiger partial charge in [0.2, 0.25) is 0 Å². The van der Waals surface area contributed by atoms with E-state index in [4.69, 9.17) is 10.8 Å². The van der Waals surface area contributed by atoms with Crippen molar-refractivity contribution in [2.75, 3.05) is 11.9 Å². The quantitative estimate of drug-likeness (QED) is 0.646. The summed E-state index contributed by atoms with van der Waals surface area (Å²) in [6.07, 6.45) is 1.25. The van der Waals surface area contributed by atoms with Crippen LogP contribution in [0.1, 0.15) is 35.8 Å². The van der Waals surface area contributed by atoms with E-state index in [0.717, 1.165) is 5.69 Å². The highest BCUT2D eigenvalue weighted by atomic mass is 16.4. The Morgan fingerprint density at radius 1 is 1.47 bits per heavy atom. The standard InChI is InChI=1S/C13H19N3O3/c1-8(13(18)19)4-3-7-15-12-10(11(14)17)6-5-9(2)16-12/h5-6,8H,3-4,7H2,1-2H3,(H2,14,17)(H,15,16)(H,18,19). The molecule has 1 atom stereocenters. The van der Waals surface area contributed by atoms with Crippen LogP contribution in [-0.4, -0.2) is 28.5 Å². The van der Waals surface area contributed by atoms with E-state index >= 15 is 0 Å². The molecule has 0 aromatic carbocycles. The molecule has 1 aromatic rings. The van der Waals surface area contributed by atoms with Crippen LogP contribution >= 0.6 is 0 Å². The van der Waals surface area contributed by atoms with E-state index in [9.17, 15) is 9.59 Å². The van der Waals surface area contributed by atoms with E-state index in [2.05, 4.69) is 10.3 Å². The molecule has 0 bridgehead atoms. The number of nitrogens with zero attached hydrogens (tertiary/aromatic N) is 1. The van der Waals surface area contributed by atoms with Gasteiger partial charge >= 0.3 is 5.97 Å². The molecule has 4 N–H and O–H groups in total. The minimum Gasteiger partial charge on any atom is -0.481 e. The zero-order valence-corrected chi connectivity index (χ0v) is 11.1. The molecule has 0 aliphatic rings. The van der Waals surface area contributed by atoms with Gasteiger partial charge in [-0.25, -0.2) is 4.98 Å². The molecule has 0 fully saturated rings. The Balaban J connectivity index is 2.55. The number of carbonyl (C=O) groups excluding carboxylic acids is 1. The molecule has 1 rings (SSSR count). The molecule has 0 radical (unpaired) electrons. The van der Waals surface area contributed by atoms with Gasteiger partial charge in [-0.1, -0.05) is 6.92 Å². The highest BCUT2D eigenvalue weighted by molar-refractivity contribution is 5.97. The molecular weight excluding hydrogens is 246 g/mol. The van der Waals surface area contributed by atoms with Crippen LogP contribution in [0.2, 0.25) is 0 Å². The normalized spacial score (nSPS) is 11.9. The van der Waals surface area contributed by atoms with E-state index in [1.807, 2.05) is 6.92 Å². The van der Waals surface area contributed by atoms with Gasteiger partial charge in [0, 0.05) is 12.2 Å². The number of hydrogen-bond acceptors (Lipinski definition) is 4. The first-order valence-electron chi connectivity index (χ1n) is 6.16. The molecule has 1 heterocycles. The van der Waals surface area contributed by atoms with E-state index in [1.165, 1.54) is 0 Å². The minimum atomic E-state index is -0.800. The van der Waals surface area contributed by atoms with Crippen LogP contribution in [0.4, 0.5) is 5.82 Å². The maximum absolute atomic E-state index is 11.2. The number of aromatic nitrogens is 1. The maximum Gasteiger partial charge on any atom is 0.306 e. The van der Waals surface area contributed by atoms with E-state index in [1.54, 1.807) is 19.1 Å². The summed E-state index contributed by atoms with van der Waals surface area (Å²) in [7, 11) is 0. The summed E-state index contributed by atoms with van der Waals surface area (Å²) in [5.41, 5.74) is 6.39. The van der Waals surface area contributed by atoms with Crippen molar-refractivity contribution in [2.45, 2.75) is 26.7 Å². The lowest BCUT2D eigenvalue weighted by Gasteiger charge is -2.10. The largest absolute Gasteiger partial charge is 0.481 e. The molecule has 1 unspecified atom stereocenters. The Labute approximate surface area is 112 Å². The number of aliphatic carboxylic acids is 1. The fraction of sp³-hybridized carbons (Fsp3) is 0.462. The number of hydrogen-bond donors (Lipinski definition) is 3. The molecule has 0 saturated carbocycles. The average Bonchev–Trinajstić information content (AvgIpc) is 2.33. The lowest BCUT2D eigenvalue weighted by molar-refractivity contribution is -0.141. The van der Waals surface area contributed by atoms with Gasteiger partial charge in [0.25, 0.3) is 5.91 Å². The number of carboxylic acid groups (broad SMARTS) is 1. The number of carboxylic acids is 1. The fourth-order valence-electron chi connectivity index (χ4n) is 1.63. The molecule has 6 nitrogen and oxygen atoms in total. The third-order valence-corrected chi connectivity index (χ3v) is 2.83. The predicted molar refractivity (Wildman–Crippen MR) is 72.0 cm³/mol. The average molecular weight is 265 g/mol. The first-order chi connectivity index (χ1) is 8.91. The molecular formula is C13H19N3O3. The van der Waals surface area contributed by atoms with Gasteiger partial charge in [0.05, 0.1) is 11.5 Å². The van der Waals surface area contributed by atoms with Crippen LogP contribution in [0.3, 0.4) is 0 Å². The number of carbonyl (C=O) groups is 2. The van der Waals surface area contributed by atoms with Crippen LogP contribution in [0.5, 0.6) is 0 Å². The third-order valence-electron chi connectivity index (χ3n) is 2.83. The van der Waals surface area contributed by atoms with E-state index in [0.29, 0.717) is 30.8 Å². The Morgan fingerprint density at radius 3 is 2.74 bits per heavy atom. The number of amides is 1. The maximum atomic E-state index is 11.2. The molecule has 104 valence electrons. The highest BCUT2D eigenvalue weighted by Gasteiger charge is 2.11. The molecule has 6 heteroatoms. The summed E-state index contributed by atoms with van der Waals surface area (Å²) < 4.78 is 0. The lowest BCUT2D eigenvalue weighted by atomic mass is 10.1. The smallest absolute Gasteiger partial charge is 0.306 e. The van der Waals surface area contributed by atoms with Crippen molar-refractivity contribution in [3.63, 3.8) is 0 Å². The molecule has 19 heavy (non-hydrogen) atoms. The van der Waals surface area contributed by atoms with Crippen molar-refractivity contribution in [2.24, 2.45) is 11.7 Å². The SMILES string of the molecule is Cc1ccc(C(N)=O)c(NCCCC(C)C(=O)O)n1. The molecule has 1 aromatic heterocycles. The molecule has 0 spiro atoms. The van der Waals surface area contributed by atoms with Gasteiger partial charge in [-0.05, 0) is 31.9 Å². The zero-order valence-electron chi connectivity index (χ0n) is 11.1. The topological polar surface area (TPSA) is 105 Å². The number of pyridine rings is 1. The van der Waals surface area contributed by atoms with Crippen LogP contribution in [-0.2, 0) is 4.79 Å².